The van der Waals surface area contributed by atoms with Crippen LogP contribution in [0.5, 0.6) is 0 Å². The summed E-state index contributed by atoms with van der Waals surface area (Å²) in [5.74, 6) is -0.191. The van der Waals surface area contributed by atoms with Gasteiger partial charge in [-0.2, -0.15) is 15.8 Å². The molecular formula is C8H14N3OS. The highest BCUT2D eigenvalue weighted by Crippen LogP contribution is 2.20. The zero-order valence-electron chi connectivity index (χ0n) is 7.91. The summed E-state index contributed by atoms with van der Waals surface area (Å²) in [6, 6.07) is 0. The van der Waals surface area contributed by atoms with Gasteiger partial charge in [0.25, 0.3) is 0 Å². The van der Waals surface area contributed by atoms with Gasteiger partial charge in [-0.05, 0) is 6.42 Å². The molecule has 1 radical (unpaired) electrons. The summed E-state index contributed by atoms with van der Waals surface area (Å²) in [5, 5.41) is 0.867. The number of carbonyl (C=O) groups is 1. The predicted molar refractivity (Wildman–Crippen MR) is 54.3 cm³/mol. The molecule has 13 heavy (non-hydrogen) atoms. The van der Waals surface area contributed by atoms with E-state index in [4.69, 9.17) is 0 Å². The fourth-order valence-corrected chi connectivity index (χ4v) is 1.94. The lowest BCUT2D eigenvalue weighted by Gasteiger charge is -2.03. The maximum atomic E-state index is 10.6. The molecule has 1 aliphatic heterocycles. The SMILES string of the molecule is CCCCC1N[N]C(=NC(C)=O)S1. The number of hydrogen-bond donors (Lipinski definition) is 1. The summed E-state index contributed by atoms with van der Waals surface area (Å²) in [5.41, 5.74) is 6.90. The predicted octanol–water partition coefficient (Wildman–Crippen LogP) is 1.26. The second-order valence-electron chi connectivity index (χ2n) is 2.90. The molecule has 0 aromatic rings. The Morgan fingerprint density at radius 2 is 2.54 bits per heavy atom. The normalized spacial score (nSPS) is 24.8. The van der Waals surface area contributed by atoms with Crippen LogP contribution in [-0.4, -0.2) is 16.4 Å². The van der Waals surface area contributed by atoms with Crippen LogP contribution in [-0.2, 0) is 4.79 Å². The topological polar surface area (TPSA) is 55.6 Å². The van der Waals surface area contributed by atoms with Crippen molar-refractivity contribution < 1.29 is 4.79 Å². The van der Waals surface area contributed by atoms with Crippen molar-refractivity contribution in [2.75, 3.05) is 0 Å². The van der Waals surface area contributed by atoms with Crippen molar-refractivity contribution in [1.82, 2.24) is 10.9 Å². The number of rotatable bonds is 3. The lowest BCUT2D eigenvalue weighted by atomic mass is 10.2. The van der Waals surface area contributed by atoms with Gasteiger partial charge in [-0.15, -0.1) is 0 Å². The minimum atomic E-state index is -0.191. The Morgan fingerprint density at radius 1 is 1.77 bits per heavy atom. The van der Waals surface area contributed by atoms with Gasteiger partial charge >= 0.3 is 0 Å². The van der Waals surface area contributed by atoms with Crippen LogP contribution < -0.4 is 10.9 Å². The molecule has 0 aromatic heterocycles. The molecule has 1 rings (SSSR count). The first-order valence-electron chi connectivity index (χ1n) is 4.44. The van der Waals surface area contributed by atoms with Crippen LogP contribution in [0.15, 0.2) is 4.99 Å². The van der Waals surface area contributed by atoms with E-state index in [9.17, 15) is 4.79 Å². The monoisotopic (exact) mass is 200 g/mol. The minimum absolute atomic E-state index is 0.191. The first-order valence-corrected chi connectivity index (χ1v) is 5.32. The molecule has 1 atom stereocenters. The molecule has 1 amide bonds. The zero-order valence-corrected chi connectivity index (χ0v) is 8.73. The minimum Gasteiger partial charge on any atom is -0.273 e. The number of hydrogen-bond acceptors (Lipinski definition) is 3. The standard InChI is InChI=1S/C8H14N3OS/c1-3-4-5-7-10-11-8(13-7)9-6(2)12/h7,10H,3-5H2,1-2H3. The Labute approximate surface area is 82.5 Å². The summed E-state index contributed by atoms with van der Waals surface area (Å²) >= 11 is 1.53. The third-order valence-electron chi connectivity index (χ3n) is 1.62. The maximum absolute atomic E-state index is 10.6. The lowest BCUT2D eigenvalue weighted by Crippen LogP contribution is -2.25. The largest absolute Gasteiger partial charge is 0.273 e. The molecule has 5 heteroatoms. The van der Waals surface area contributed by atoms with Gasteiger partial charge in [-0.3, -0.25) is 4.79 Å². The van der Waals surface area contributed by atoms with Gasteiger partial charge in [0.15, 0.2) is 0 Å². The highest BCUT2D eigenvalue weighted by Gasteiger charge is 2.21. The third-order valence-corrected chi connectivity index (χ3v) is 2.64. The van der Waals surface area contributed by atoms with Gasteiger partial charge in [0.2, 0.25) is 11.1 Å². The molecule has 0 bridgehead atoms. The molecule has 0 saturated carbocycles. The molecule has 0 aliphatic carbocycles. The van der Waals surface area contributed by atoms with Crippen molar-refractivity contribution in [3.8, 4) is 0 Å². The van der Waals surface area contributed by atoms with Crippen molar-refractivity contribution in [1.29, 1.82) is 0 Å². The van der Waals surface area contributed by atoms with Crippen LogP contribution in [0, 0.1) is 0 Å². The number of unbranched alkanes of at least 4 members (excludes halogenated alkanes) is 1. The van der Waals surface area contributed by atoms with E-state index in [0.29, 0.717) is 10.5 Å². The van der Waals surface area contributed by atoms with Crippen LogP contribution in [0.4, 0.5) is 0 Å². The zero-order chi connectivity index (χ0) is 9.68. The van der Waals surface area contributed by atoms with Gasteiger partial charge in [0.1, 0.15) is 0 Å². The van der Waals surface area contributed by atoms with E-state index in [1.807, 2.05) is 0 Å². The van der Waals surface area contributed by atoms with E-state index in [-0.39, 0.29) is 5.91 Å². The average molecular weight is 200 g/mol. The van der Waals surface area contributed by atoms with E-state index in [1.54, 1.807) is 0 Å². The smallest absolute Gasteiger partial charge is 0.245 e. The Balaban J connectivity index is 2.31. The number of carbonyl (C=O) groups excluding carboxylic acids is 1. The molecule has 73 valence electrons. The molecule has 1 unspecified atom stereocenters. The molecule has 1 N–H and O–H groups in total. The number of aliphatic imine (C=N–C) groups is 1. The van der Waals surface area contributed by atoms with E-state index < -0.39 is 0 Å². The first-order chi connectivity index (χ1) is 6.22. The van der Waals surface area contributed by atoms with Crippen molar-refractivity contribution in [3.63, 3.8) is 0 Å². The fraction of sp³-hybridized carbons (Fsp3) is 0.750. The number of thioether (sulfide) groups is 1. The molecule has 1 saturated heterocycles. The summed E-state index contributed by atoms with van der Waals surface area (Å²) in [7, 11) is 0. The van der Waals surface area contributed by atoms with Gasteiger partial charge in [0.05, 0.1) is 5.37 Å². The van der Waals surface area contributed by atoms with Gasteiger partial charge in [-0.25, -0.2) is 0 Å². The fourth-order valence-electron chi connectivity index (χ4n) is 1.01. The quantitative estimate of drug-likeness (QED) is 0.746. The van der Waals surface area contributed by atoms with E-state index >= 15 is 0 Å². The second-order valence-corrected chi connectivity index (χ2v) is 4.07. The van der Waals surface area contributed by atoms with Crippen LogP contribution in [0.3, 0.4) is 0 Å². The van der Waals surface area contributed by atoms with Crippen molar-refractivity contribution in [3.05, 3.63) is 0 Å². The first kappa shape index (κ1) is 10.5. The average Bonchev–Trinajstić information content (AvgIpc) is 2.48. The molecule has 1 heterocycles. The molecule has 0 aromatic carbocycles. The van der Waals surface area contributed by atoms with Crippen LogP contribution in [0.1, 0.15) is 33.1 Å². The second kappa shape index (κ2) is 5.24. The highest BCUT2D eigenvalue weighted by molar-refractivity contribution is 8.14. The van der Waals surface area contributed by atoms with Crippen molar-refractivity contribution in [2.24, 2.45) is 4.99 Å². The lowest BCUT2D eigenvalue weighted by molar-refractivity contribution is -0.115. The Morgan fingerprint density at radius 3 is 3.15 bits per heavy atom. The molecule has 4 nitrogen and oxygen atoms in total. The van der Waals surface area contributed by atoms with E-state index in [1.165, 1.54) is 31.5 Å². The van der Waals surface area contributed by atoms with Crippen molar-refractivity contribution >= 4 is 22.8 Å². The van der Waals surface area contributed by atoms with Crippen LogP contribution in [0.2, 0.25) is 0 Å². The number of nitrogens with one attached hydrogen (secondary N) is 1. The molecular weight excluding hydrogens is 186 g/mol. The van der Waals surface area contributed by atoms with E-state index in [2.05, 4.69) is 22.8 Å². The van der Waals surface area contributed by atoms with Gasteiger partial charge in [-0.1, -0.05) is 31.5 Å². The van der Waals surface area contributed by atoms with Crippen LogP contribution >= 0.6 is 11.8 Å². The molecule has 1 fully saturated rings. The Kier molecular flexibility index (Phi) is 4.24. The van der Waals surface area contributed by atoms with Gasteiger partial charge < -0.3 is 0 Å². The summed E-state index contributed by atoms with van der Waals surface area (Å²) < 4.78 is 0. The number of amidine groups is 1. The van der Waals surface area contributed by atoms with Gasteiger partial charge in [0, 0.05) is 6.92 Å². The maximum Gasteiger partial charge on any atom is 0.245 e. The Bertz CT molecular complexity index is 217. The summed E-state index contributed by atoms with van der Waals surface area (Å²) in [6.45, 7) is 3.59. The number of nitrogens with zero attached hydrogens (tertiary/aromatic N) is 2. The molecule has 1 aliphatic rings. The molecule has 0 spiro atoms. The van der Waals surface area contributed by atoms with Crippen LogP contribution in [0.25, 0.3) is 0 Å². The number of amides is 1. The summed E-state index contributed by atoms with van der Waals surface area (Å²) in [4.78, 5) is 14.4. The van der Waals surface area contributed by atoms with Crippen molar-refractivity contribution in [2.45, 2.75) is 38.5 Å². The summed E-state index contributed by atoms with van der Waals surface area (Å²) in [6.07, 6.45) is 3.42. The third kappa shape index (κ3) is 3.78. The highest BCUT2D eigenvalue weighted by atomic mass is 32.2. The Hall–Kier alpha value is -0.550. The van der Waals surface area contributed by atoms with E-state index in [0.717, 1.165) is 6.42 Å².